The van der Waals surface area contributed by atoms with Crippen molar-refractivity contribution in [2.45, 2.75) is 45.7 Å². The van der Waals surface area contributed by atoms with Gasteiger partial charge in [0.25, 0.3) is 0 Å². The van der Waals surface area contributed by atoms with Gasteiger partial charge in [-0.1, -0.05) is 29.8 Å². The minimum absolute atomic E-state index is 0.784. The van der Waals surface area contributed by atoms with Crippen molar-refractivity contribution in [2.75, 3.05) is 18.0 Å². The highest BCUT2D eigenvalue weighted by molar-refractivity contribution is 9.10. The number of nitrogens with one attached hydrogen (secondary N) is 1. The third kappa shape index (κ3) is 3.48. The Morgan fingerprint density at radius 1 is 1.33 bits per heavy atom. The molecule has 0 aromatic heterocycles. The number of benzene rings is 1. The fourth-order valence-electron chi connectivity index (χ4n) is 2.36. The summed E-state index contributed by atoms with van der Waals surface area (Å²) in [5.41, 5.74) is 2.83. The molecule has 0 amide bonds. The van der Waals surface area contributed by atoms with Gasteiger partial charge in [-0.25, -0.2) is 0 Å². The number of hydrogen-bond donors (Lipinski definition) is 1. The van der Waals surface area contributed by atoms with Crippen molar-refractivity contribution in [3.05, 3.63) is 28.2 Å². The van der Waals surface area contributed by atoms with Crippen LogP contribution in [0.5, 0.6) is 0 Å². The zero-order chi connectivity index (χ0) is 13.0. The van der Waals surface area contributed by atoms with Gasteiger partial charge in [0.15, 0.2) is 0 Å². The molecule has 1 aliphatic rings. The zero-order valence-corrected chi connectivity index (χ0v) is 13.0. The molecule has 1 saturated carbocycles. The molecule has 0 saturated heterocycles. The van der Waals surface area contributed by atoms with Gasteiger partial charge in [0.05, 0.1) is 0 Å². The van der Waals surface area contributed by atoms with Crippen molar-refractivity contribution in [1.82, 2.24) is 5.32 Å². The molecule has 18 heavy (non-hydrogen) atoms. The van der Waals surface area contributed by atoms with E-state index in [1.165, 1.54) is 41.5 Å². The number of nitrogens with zero attached hydrogens (tertiary/aromatic N) is 1. The SMILES string of the molecule is CCCN(c1ccc(Br)cc1CNCC)C1CC1. The number of anilines is 1. The zero-order valence-electron chi connectivity index (χ0n) is 11.4. The molecule has 2 nitrogen and oxygen atoms in total. The molecule has 1 N–H and O–H groups in total. The van der Waals surface area contributed by atoms with Gasteiger partial charge >= 0.3 is 0 Å². The summed E-state index contributed by atoms with van der Waals surface area (Å²) in [6, 6.07) is 7.47. The predicted octanol–water partition coefficient (Wildman–Crippen LogP) is 3.94. The van der Waals surface area contributed by atoms with Gasteiger partial charge in [0.1, 0.15) is 0 Å². The summed E-state index contributed by atoms with van der Waals surface area (Å²) in [4.78, 5) is 2.60. The molecule has 0 unspecified atom stereocenters. The third-order valence-electron chi connectivity index (χ3n) is 3.37. The molecule has 100 valence electrons. The molecule has 1 fully saturated rings. The van der Waals surface area contributed by atoms with E-state index in [0.717, 1.165) is 19.1 Å². The first kappa shape index (κ1) is 13.9. The van der Waals surface area contributed by atoms with Crippen molar-refractivity contribution < 1.29 is 0 Å². The second-order valence-electron chi connectivity index (χ2n) is 4.98. The minimum Gasteiger partial charge on any atom is -0.368 e. The lowest BCUT2D eigenvalue weighted by Crippen LogP contribution is -2.28. The summed E-state index contributed by atoms with van der Waals surface area (Å²) < 4.78 is 1.17. The number of rotatable bonds is 7. The van der Waals surface area contributed by atoms with E-state index in [4.69, 9.17) is 0 Å². The second-order valence-corrected chi connectivity index (χ2v) is 5.89. The lowest BCUT2D eigenvalue weighted by molar-refractivity contribution is 0.710. The van der Waals surface area contributed by atoms with Crippen LogP contribution in [0, 0.1) is 0 Å². The fourth-order valence-corrected chi connectivity index (χ4v) is 2.77. The van der Waals surface area contributed by atoms with E-state index in [1.807, 2.05) is 0 Å². The molecule has 3 heteroatoms. The van der Waals surface area contributed by atoms with Crippen LogP contribution in [0.15, 0.2) is 22.7 Å². The molecule has 0 aliphatic heterocycles. The maximum absolute atomic E-state index is 3.58. The number of halogens is 1. The van der Waals surface area contributed by atoms with Gasteiger partial charge in [0, 0.05) is 29.3 Å². The van der Waals surface area contributed by atoms with E-state index in [9.17, 15) is 0 Å². The molecule has 0 heterocycles. The number of hydrogen-bond acceptors (Lipinski definition) is 2. The summed E-state index contributed by atoms with van der Waals surface area (Å²) in [5, 5.41) is 3.44. The van der Waals surface area contributed by atoms with E-state index < -0.39 is 0 Å². The normalized spacial score (nSPS) is 14.8. The van der Waals surface area contributed by atoms with Crippen molar-refractivity contribution in [3.63, 3.8) is 0 Å². The Morgan fingerprint density at radius 3 is 2.72 bits per heavy atom. The second kappa shape index (κ2) is 6.58. The third-order valence-corrected chi connectivity index (χ3v) is 3.86. The largest absolute Gasteiger partial charge is 0.368 e. The van der Waals surface area contributed by atoms with Crippen LogP contribution in [0.4, 0.5) is 5.69 Å². The Hall–Kier alpha value is -0.540. The Morgan fingerprint density at radius 2 is 2.11 bits per heavy atom. The smallest absolute Gasteiger partial charge is 0.0415 e. The Kier molecular flexibility index (Phi) is 5.07. The molecule has 1 aliphatic carbocycles. The molecule has 2 rings (SSSR count). The lowest BCUT2D eigenvalue weighted by Gasteiger charge is -2.27. The average Bonchev–Trinajstić information content (AvgIpc) is 3.18. The first-order valence-electron chi connectivity index (χ1n) is 7.02. The highest BCUT2D eigenvalue weighted by Crippen LogP contribution is 2.34. The Labute approximate surface area is 119 Å². The van der Waals surface area contributed by atoms with Crippen LogP contribution >= 0.6 is 15.9 Å². The highest BCUT2D eigenvalue weighted by Gasteiger charge is 2.29. The summed E-state index contributed by atoms with van der Waals surface area (Å²) in [6.45, 7) is 7.56. The van der Waals surface area contributed by atoms with Gasteiger partial charge in [0.2, 0.25) is 0 Å². The molecule has 0 bridgehead atoms. The Bertz CT molecular complexity index is 388. The molecular formula is C15H23BrN2. The van der Waals surface area contributed by atoms with Gasteiger partial charge in [-0.3, -0.25) is 0 Å². The van der Waals surface area contributed by atoms with E-state index in [2.05, 4.69) is 58.2 Å². The van der Waals surface area contributed by atoms with Gasteiger partial charge in [-0.2, -0.15) is 0 Å². The van der Waals surface area contributed by atoms with E-state index in [1.54, 1.807) is 0 Å². The van der Waals surface area contributed by atoms with Crippen LogP contribution in [-0.4, -0.2) is 19.1 Å². The van der Waals surface area contributed by atoms with Crippen molar-refractivity contribution in [1.29, 1.82) is 0 Å². The van der Waals surface area contributed by atoms with Crippen molar-refractivity contribution in [2.24, 2.45) is 0 Å². The first-order chi connectivity index (χ1) is 8.76. The summed E-state index contributed by atoms with van der Waals surface area (Å²) in [7, 11) is 0. The topological polar surface area (TPSA) is 15.3 Å². The molecule has 1 aromatic rings. The van der Waals surface area contributed by atoms with Gasteiger partial charge < -0.3 is 10.2 Å². The molecule has 1 aromatic carbocycles. The van der Waals surface area contributed by atoms with Gasteiger partial charge in [-0.05, 0) is 49.6 Å². The fraction of sp³-hybridized carbons (Fsp3) is 0.600. The lowest BCUT2D eigenvalue weighted by atomic mass is 10.1. The summed E-state index contributed by atoms with van der Waals surface area (Å²) in [5.74, 6) is 0. The van der Waals surface area contributed by atoms with Crippen LogP contribution in [0.1, 0.15) is 38.7 Å². The van der Waals surface area contributed by atoms with Crippen LogP contribution in [0.25, 0.3) is 0 Å². The summed E-state index contributed by atoms with van der Waals surface area (Å²) in [6.07, 6.45) is 3.93. The minimum atomic E-state index is 0.784. The van der Waals surface area contributed by atoms with E-state index >= 15 is 0 Å². The van der Waals surface area contributed by atoms with Crippen LogP contribution in [0.3, 0.4) is 0 Å². The van der Waals surface area contributed by atoms with Gasteiger partial charge in [-0.15, -0.1) is 0 Å². The Balaban J connectivity index is 2.22. The van der Waals surface area contributed by atoms with Crippen LogP contribution in [-0.2, 0) is 6.54 Å². The standard InChI is InChI=1S/C15H23BrN2/c1-3-9-18(14-6-7-14)15-8-5-13(16)10-12(15)11-17-4-2/h5,8,10,14,17H,3-4,6-7,9,11H2,1-2H3. The van der Waals surface area contributed by atoms with Crippen LogP contribution < -0.4 is 10.2 Å². The monoisotopic (exact) mass is 310 g/mol. The predicted molar refractivity (Wildman–Crippen MR) is 82.2 cm³/mol. The maximum atomic E-state index is 3.58. The maximum Gasteiger partial charge on any atom is 0.0415 e. The molecular weight excluding hydrogens is 288 g/mol. The van der Waals surface area contributed by atoms with Crippen molar-refractivity contribution in [3.8, 4) is 0 Å². The quantitative estimate of drug-likeness (QED) is 0.820. The highest BCUT2D eigenvalue weighted by atomic mass is 79.9. The van der Waals surface area contributed by atoms with Crippen molar-refractivity contribution >= 4 is 21.6 Å². The molecule has 0 radical (unpaired) electrons. The van der Waals surface area contributed by atoms with E-state index in [-0.39, 0.29) is 0 Å². The van der Waals surface area contributed by atoms with Crippen LogP contribution in [0.2, 0.25) is 0 Å². The summed E-state index contributed by atoms with van der Waals surface area (Å²) >= 11 is 3.58. The first-order valence-corrected chi connectivity index (χ1v) is 7.81. The van der Waals surface area contributed by atoms with E-state index in [0.29, 0.717) is 0 Å². The molecule has 0 atom stereocenters. The molecule has 0 spiro atoms. The average molecular weight is 311 g/mol.